The number of hydrogen-bond donors (Lipinski definition) is 0. The minimum absolute atomic E-state index is 0. The summed E-state index contributed by atoms with van der Waals surface area (Å²) in [5, 5.41) is 0. The van der Waals surface area contributed by atoms with Crippen molar-refractivity contribution in [2.45, 2.75) is 0 Å². The van der Waals surface area contributed by atoms with Gasteiger partial charge in [0.25, 0.3) is 0 Å². The molecule has 0 atom stereocenters. The first-order valence-electron chi connectivity index (χ1n) is 0.228. The second-order valence-electron chi connectivity index (χ2n) is 0.0431. The maximum atomic E-state index is 4.67. The zero-order chi connectivity index (χ0) is 2.71. The Morgan fingerprint density at radius 2 is 1.20 bits per heavy atom. The molecular formula is H3Cl3CuO. The van der Waals surface area contributed by atoms with Crippen molar-refractivity contribution in [3.63, 3.8) is 0 Å². The Bertz CT molecular complexity index is 6.85. The predicted octanol–water partition coefficient (Wildman–Crippen LogP) is 0.974. The SMILES string of the molecule is Cl.O.[Cl][Cu][Cl]. The molecule has 0 aliphatic heterocycles. The summed E-state index contributed by atoms with van der Waals surface area (Å²) < 4.78 is 0. The quantitative estimate of drug-likeness (QED) is 0.508. The van der Waals surface area contributed by atoms with Crippen LogP contribution in [0, 0.1) is 0 Å². The van der Waals surface area contributed by atoms with Crippen molar-refractivity contribution in [2.75, 3.05) is 0 Å². The fourth-order valence-corrected chi connectivity index (χ4v) is 0. The monoisotopic (exact) mass is 187 g/mol. The van der Waals surface area contributed by atoms with Gasteiger partial charge in [-0.1, -0.05) is 0 Å². The molecule has 0 aromatic carbocycles. The van der Waals surface area contributed by atoms with Crippen molar-refractivity contribution in [2.24, 2.45) is 0 Å². The van der Waals surface area contributed by atoms with Gasteiger partial charge >= 0.3 is 33.3 Å². The van der Waals surface area contributed by atoms with Crippen LogP contribution in [0.1, 0.15) is 0 Å². The molecule has 5 heteroatoms. The van der Waals surface area contributed by atoms with Crippen LogP contribution in [0.4, 0.5) is 0 Å². The van der Waals surface area contributed by atoms with Crippen molar-refractivity contribution in [3.05, 3.63) is 0 Å². The van der Waals surface area contributed by atoms with Gasteiger partial charge in [0, 0.05) is 0 Å². The van der Waals surface area contributed by atoms with Gasteiger partial charge in [-0.15, -0.1) is 12.4 Å². The third-order valence-electron chi connectivity index (χ3n) is 0. The van der Waals surface area contributed by atoms with Gasteiger partial charge in [0.2, 0.25) is 0 Å². The van der Waals surface area contributed by atoms with Crippen LogP contribution in [-0.4, -0.2) is 5.48 Å². The maximum absolute atomic E-state index is 4.67. The molecule has 0 saturated heterocycles. The van der Waals surface area contributed by atoms with Gasteiger partial charge in [-0.25, -0.2) is 0 Å². The second-order valence-corrected chi connectivity index (χ2v) is 1.60. The molecular weight excluding hydrogens is 186 g/mol. The molecule has 5 heavy (non-hydrogen) atoms. The standard InChI is InChI=1S/3ClH.Cu.H2O/h3*1H;;1H2/q;;;+2;/p-2. The summed E-state index contributed by atoms with van der Waals surface area (Å²) in [5.41, 5.74) is 0. The van der Waals surface area contributed by atoms with E-state index in [1.807, 2.05) is 0 Å². The molecule has 0 heterocycles. The Balaban J connectivity index is -0.0000000200. The van der Waals surface area contributed by atoms with Gasteiger partial charge in [0.05, 0.1) is 0 Å². The number of halogens is 3. The summed E-state index contributed by atoms with van der Waals surface area (Å²) in [5.74, 6) is 0. The van der Waals surface area contributed by atoms with Crippen LogP contribution in [0.25, 0.3) is 0 Å². The summed E-state index contributed by atoms with van der Waals surface area (Å²) in [7, 11) is 9.34. The molecule has 41 valence electrons. The van der Waals surface area contributed by atoms with Crippen molar-refractivity contribution in [1.29, 1.82) is 0 Å². The van der Waals surface area contributed by atoms with Crippen LogP contribution in [0.3, 0.4) is 0 Å². The summed E-state index contributed by atoms with van der Waals surface area (Å²) in [6.07, 6.45) is 0. The van der Waals surface area contributed by atoms with E-state index < -0.39 is 0 Å². The first-order chi connectivity index (χ1) is 1.41. The molecule has 0 fully saturated rings. The van der Waals surface area contributed by atoms with Crippen LogP contribution in [0.2, 0.25) is 0 Å². The molecule has 1 nitrogen and oxygen atoms in total. The fraction of sp³-hybridized carbons (Fsp3) is 0. The van der Waals surface area contributed by atoms with E-state index in [2.05, 4.69) is 20.2 Å². The molecule has 0 amide bonds. The topological polar surface area (TPSA) is 31.5 Å². The Hall–Kier alpha value is 1.35. The van der Waals surface area contributed by atoms with Gasteiger partial charge in [-0.05, 0) is 0 Å². The van der Waals surface area contributed by atoms with E-state index >= 15 is 0 Å². The van der Waals surface area contributed by atoms with Gasteiger partial charge in [0.15, 0.2) is 0 Å². The first kappa shape index (κ1) is 16.2. The molecule has 0 radical (unpaired) electrons. The van der Waals surface area contributed by atoms with E-state index in [4.69, 9.17) is 0 Å². The number of rotatable bonds is 0. The van der Waals surface area contributed by atoms with Gasteiger partial charge in [-0.3, -0.25) is 0 Å². The Labute approximate surface area is 51.4 Å². The molecule has 0 unspecified atom stereocenters. The molecule has 0 rings (SSSR count). The summed E-state index contributed by atoms with van der Waals surface area (Å²) in [6.45, 7) is 0. The Morgan fingerprint density at radius 3 is 1.20 bits per heavy atom. The average molecular weight is 189 g/mol. The molecule has 2 N–H and O–H groups in total. The van der Waals surface area contributed by atoms with Crippen LogP contribution >= 0.6 is 32.6 Å². The Kier molecular flexibility index (Phi) is 59.4. The molecule has 0 saturated carbocycles. The average Bonchev–Trinajstić information content (AvgIpc) is 0.918. The van der Waals surface area contributed by atoms with Crippen molar-refractivity contribution < 1.29 is 18.6 Å². The molecule has 0 aromatic rings. The van der Waals surface area contributed by atoms with E-state index in [-0.39, 0.29) is 17.9 Å². The zero-order valence-electron chi connectivity index (χ0n) is 1.97. The van der Waals surface area contributed by atoms with Crippen molar-refractivity contribution in [1.82, 2.24) is 0 Å². The third-order valence-corrected chi connectivity index (χ3v) is 0. The zero-order valence-corrected chi connectivity index (χ0v) is 5.24. The molecule has 0 aliphatic rings. The van der Waals surface area contributed by atoms with Crippen LogP contribution in [-0.2, 0) is 13.1 Å². The summed E-state index contributed by atoms with van der Waals surface area (Å²) >= 11 is 0.757. The molecule has 0 bridgehead atoms. The first-order valence-corrected chi connectivity index (χ1v) is 2.82. The third kappa shape index (κ3) is 33.0. The minimum atomic E-state index is 0. The van der Waals surface area contributed by atoms with E-state index in [0.717, 1.165) is 13.1 Å². The Morgan fingerprint density at radius 1 is 1.20 bits per heavy atom. The van der Waals surface area contributed by atoms with Gasteiger partial charge in [-0.2, -0.15) is 0 Å². The molecule has 0 spiro atoms. The fourth-order valence-electron chi connectivity index (χ4n) is 0. The molecule has 0 aromatic heterocycles. The van der Waals surface area contributed by atoms with Crippen LogP contribution in [0.15, 0.2) is 0 Å². The van der Waals surface area contributed by atoms with E-state index in [1.165, 1.54) is 0 Å². The van der Waals surface area contributed by atoms with E-state index in [0.29, 0.717) is 0 Å². The van der Waals surface area contributed by atoms with Crippen LogP contribution in [0.5, 0.6) is 0 Å². The number of hydrogen-bond acceptors (Lipinski definition) is 0. The van der Waals surface area contributed by atoms with Gasteiger partial charge < -0.3 is 5.48 Å². The second kappa shape index (κ2) is 18.3. The van der Waals surface area contributed by atoms with Crippen molar-refractivity contribution >= 4 is 32.6 Å². The predicted molar refractivity (Wildman–Crippen MR) is 22.6 cm³/mol. The van der Waals surface area contributed by atoms with E-state index in [9.17, 15) is 0 Å². The summed E-state index contributed by atoms with van der Waals surface area (Å²) in [4.78, 5) is 0. The van der Waals surface area contributed by atoms with Crippen LogP contribution < -0.4 is 0 Å². The van der Waals surface area contributed by atoms with Crippen molar-refractivity contribution in [3.8, 4) is 0 Å². The summed E-state index contributed by atoms with van der Waals surface area (Å²) in [6, 6.07) is 0. The van der Waals surface area contributed by atoms with E-state index in [1.54, 1.807) is 0 Å². The van der Waals surface area contributed by atoms with Gasteiger partial charge in [0.1, 0.15) is 0 Å². The normalized spacial score (nSPS) is 4.40. The molecule has 0 aliphatic carbocycles.